The number of carbonyl (C=O) groups excluding carboxylic acids is 2. The number of nitrogens with zero attached hydrogens (tertiary/aromatic N) is 2. The van der Waals surface area contributed by atoms with E-state index in [0.717, 1.165) is 53.1 Å². The van der Waals surface area contributed by atoms with E-state index in [9.17, 15) is 9.59 Å². The molecule has 1 saturated heterocycles. The molecule has 0 radical (unpaired) electrons. The van der Waals surface area contributed by atoms with Crippen LogP contribution in [0.5, 0.6) is 5.75 Å². The van der Waals surface area contributed by atoms with Crippen LogP contribution in [0.1, 0.15) is 67.6 Å². The van der Waals surface area contributed by atoms with Gasteiger partial charge in [-0.05, 0) is 69.0 Å². The van der Waals surface area contributed by atoms with Crippen LogP contribution in [0, 0.1) is 0 Å². The van der Waals surface area contributed by atoms with Crippen LogP contribution in [0.25, 0.3) is 5.57 Å². The van der Waals surface area contributed by atoms with E-state index in [1.807, 2.05) is 56.9 Å². The highest BCUT2D eigenvalue weighted by molar-refractivity contribution is 5.97. The van der Waals surface area contributed by atoms with Gasteiger partial charge >= 0.3 is 6.09 Å². The Bertz CT molecular complexity index is 1190. The molecule has 0 aromatic heterocycles. The molecule has 3 heterocycles. The van der Waals surface area contributed by atoms with E-state index in [0.29, 0.717) is 25.9 Å². The highest BCUT2D eigenvalue weighted by atomic mass is 16.6. The van der Waals surface area contributed by atoms with Gasteiger partial charge in [0.05, 0.1) is 0 Å². The third kappa shape index (κ3) is 4.54. The van der Waals surface area contributed by atoms with Gasteiger partial charge in [0.1, 0.15) is 17.0 Å². The first-order valence-electron chi connectivity index (χ1n) is 12.6. The van der Waals surface area contributed by atoms with Gasteiger partial charge in [0, 0.05) is 50.1 Å². The summed E-state index contributed by atoms with van der Waals surface area (Å²) in [6.07, 6.45) is 4.22. The monoisotopic (exact) mass is 474 g/mol. The molecule has 0 bridgehead atoms. The Morgan fingerprint density at radius 3 is 2.51 bits per heavy atom. The van der Waals surface area contributed by atoms with Crippen LogP contribution >= 0.6 is 0 Å². The molecule has 184 valence electrons. The van der Waals surface area contributed by atoms with Gasteiger partial charge < -0.3 is 19.3 Å². The Morgan fingerprint density at radius 2 is 1.80 bits per heavy atom. The van der Waals surface area contributed by atoms with E-state index in [1.54, 1.807) is 4.90 Å². The van der Waals surface area contributed by atoms with Crippen LogP contribution in [0.2, 0.25) is 0 Å². The third-order valence-corrected chi connectivity index (χ3v) is 7.13. The molecule has 2 amide bonds. The molecule has 3 aliphatic heterocycles. The molecule has 1 spiro atoms. The van der Waals surface area contributed by atoms with Gasteiger partial charge in [-0.2, -0.15) is 0 Å². The zero-order chi connectivity index (χ0) is 24.8. The molecule has 0 saturated carbocycles. The number of para-hydroxylation sites is 1. The maximum atomic E-state index is 12.8. The number of carbonyl (C=O) groups is 2. The average molecular weight is 475 g/mol. The number of rotatable bonds is 2. The van der Waals surface area contributed by atoms with Gasteiger partial charge in [-0.3, -0.25) is 4.79 Å². The third-order valence-electron chi connectivity index (χ3n) is 7.13. The molecule has 35 heavy (non-hydrogen) atoms. The largest absolute Gasteiger partial charge is 0.482 e. The van der Waals surface area contributed by atoms with Gasteiger partial charge in [0.15, 0.2) is 0 Å². The zero-order valence-electron chi connectivity index (χ0n) is 21.1. The molecule has 3 aliphatic rings. The number of ether oxygens (including phenoxy) is 2. The van der Waals surface area contributed by atoms with Crippen LogP contribution in [0.4, 0.5) is 4.79 Å². The van der Waals surface area contributed by atoms with Gasteiger partial charge in [0.2, 0.25) is 0 Å². The van der Waals surface area contributed by atoms with Gasteiger partial charge in [0.25, 0.3) is 5.91 Å². The molecule has 0 N–H and O–H groups in total. The minimum atomic E-state index is -0.512. The normalized spacial score (nSPS) is 19.0. The van der Waals surface area contributed by atoms with Gasteiger partial charge in [-0.1, -0.05) is 30.3 Å². The standard InChI is InChI=1S/C29H34N2O4/c1-5-30-15-12-21-18-20(10-11-22(21)26(30)32)24-19-29(34-25-9-7-6-8-23(24)25)13-16-31(17-14-29)27(33)35-28(2,3)4/h6-11,18-19H,5,12-17H2,1-4H3. The summed E-state index contributed by atoms with van der Waals surface area (Å²) in [4.78, 5) is 29.1. The summed E-state index contributed by atoms with van der Waals surface area (Å²) in [6.45, 7) is 10.3. The first-order chi connectivity index (χ1) is 16.7. The van der Waals surface area contributed by atoms with Gasteiger partial charge in [-0.25, -0.2) is 4.79 Å². The first-order valence-corrected chi connectivity index (χ1v) is 12.6. The van der Waals surface area contributed by atoms with Crippen molar-refractivity contribution in [2.75, 3.05) is 26.2 Å². The number of hydrogen-bond donors (Lipinski definition) is 0. The van der Waals surface area contributed by atoms with E-state index >= 15 is 0 Å². The fraction of sp³-hybridized carbons (Fsp3) is 0.448. The SMILES string of the molecule is CCN1CCc2cc(C3=CC4(CCN(C(=O)OC(C)(C)C)CC4)Oc4ccccc43)ccc2C1=O. The van der Waals surface area contributed by atoms with E-state index < -0.39 is 11.2 Å². The van der Waals surface area contributed by atoms with Gasteiger partial charge in [-0.15, -0.1) is 0 Å². The second kappa shape index (κ2) is 8.74. The summed E-state index contributed by atoms with van der Waals surface area (Å²) in [7, 11) is 0. The molecular weight excluding hydrogens is 440 g/mol. The van der Waals surface area contributed by atoms with Crippen molar-refractivity contribution in [2.45, 2.75) is 58.2 Å². The van der Waals surface area contributed by atoms with Crippen molar-refractivity contribution < 1.29 is 19.1 Å². The predicted molar refractivity (Wildman–Crippen MR) is 136 cm³/mol. The molecule has 0 unspecified atom stereocenters. The molecule has 5 rings (SSSR count). The molecule has 0 atom stereocenters. The van der Waals surface area contributed by atoms with Crippen LogP contribution in [0.3, 0.4) is 0 Å². The van der Waals surface area contributed by atoms with Crippen molar-refractivity contribution in [3.8, 4) is 5.75 Å². The number of likely N-dealkylation sites (tertiary alicyclic amines) is 1. The maximum Gasteiger partial charge on any atom is 0.410 e. The number of fused-ring (bicyclic) bond motifs is 2. The van der Waals surface area contributed by atoms with E-state index in [-0.39, 0.29) is 12.0 Å². The second-order valence-corrected chi connectivity index (χ2v) is 10.7. The van der Waals surface area contributed by atoms with E-state index in [2.05, 4.69) is 24.3 Å². The van der Waals surface area contributed by atoms with E-state index in [4.69, 9.17) is 9.47 Å². The number of hydrogen-bond acceptors (Lipinski definition) is 4. The molecule has 2 aromatic rings. The molecule has 6 heteroatoms. The lowest BCUT2D eigenvalue weighted by Crippen LogP contribution is -2.50. The fourth-order valence-electron chi connectivity index (χ4n) is 5.25. The van der Waals surface area contributed by atoms with Crippen molar-refractivity contribution >= 4 is 17.6 Å². The smallest absolute Gasteiger partial charge is 0.410 e. The minimum absolute atomic E-state index is 0.118. The number of benzene rings is 2. The lowest BCUT2D eigenvalue weighted by Gasteiger charge is -2.43. The lowest BCUT2D eigenvalue weighted by atomic mass is 9.82. The summed E-state index contributed by atoms with van der Waals surface area (Å²) in [6, 6.07) is 14.4. The summed E-state index contributed by atoms with van der Waals surface area (Å²) >= 11 is 0. The Hall–Kier alpha value is -3.28. The summed E-state index contributed by atoms with van der Waals surface area (Å²) in [5.41, 5.74) is 4.22. The average Bonchev–Trinajstić information content (AvgIpc) is 2.83. The van der Waals surface area contributed by atoms with Crippen LogP contribution < -0.4 is 4.74 Å². The topological polar surface area (TPSA) is 59.1 Å². The first kappa shape index (κ1) is 23.5. The minimum Gasteiger partial charge on any atom is -0.482 e. The highest BCUT2D eigenvalue weighted by Gasteiger charge is 2.41. The van der Waals surface area contributed by atoms with Crippen LogP contribution in [-0.4, -0.2) is 59.2 Å². The highest BCUT2D eigenvalue weighted by Crippen LogP contribution is 2.43. The Labute approximate surface area is 207 Å². The van der Waals surface area contributed by atoms with E-state index in [1.165, 1.54) is 0 Å². The number of likely N-dealkylation sites (N-methyl/N-ethyl adjacent to an activating group) is 1. The molecule has 1 fully saturated rings. The van der Waals surface area contributed by atoms with Crippen LogP contribution in [0.15, 0.2) is 48.5 Å². The van der Waals surface area contributed by atoms with Crippen molar-refractivity contribution in [1.29, 1.82) is 0 Å². The predicted octanol–water partition coefficient (Wildman–Crippen LogP) is 5.30. The second-order valence-electron chi connectivity index (χ2n) is 10.7. The summed E-state index contributed by atoms with van der Waals surface area (Å²) in [5, 5.41) is 0. The molecule has 0 aliphatic carbocycles. The Morgan fingerprint density at radius 1 is 1.06 bits per heavy atom. The number of piperidine rings is 1. The van der Waals surface area contributed by atoms with Crippen molar-refractivity contribution in [3.05, 3.63) is 70.8 Å². The number of amides is 2. The molecular formula is C29H34N2O4. The summed E-state index contributed by atoms with van der Waals surface area (Å²) in [5.74, 6) is 0.981. The Kier molecular flexibility index (Phi) is 5.86. The molecule has 6 nitrogen and oxygen atoms in total. The Balaban J connectivity index is 1.45. The molecule has 2 aromatic carbocycles. The van der Waals surface area contributed by atoms with Crippen LogP contribution in [-0.2, 0) is 11.2 Å². The van der Waals surface area contributed by atoms with Crippen molar-refractivity contribution in [1.82, 2.24) is 9.80 Å². The van der Waals surface area contributed by atoms with Crippen molar-refractivity contribution in [2.24, 2.45) is 0 Å². The summed E-state index contributed by atoms with van der Waals surface area (Å²) < 4.78 is 12.2. The van der Waals surface area contributed by atoms with Crippen molar-refractivity contribution in [3.63, 3.8) is 0 Å². The fourth-order valence-corrected chi connectivity index (χ4v) is 5.25. The quantitative estimate of drug-likeness (QED) is 0.593. The zero-order valence-corrected chi connectivity index (χ0v) is 21.1. The maximum absolute atomic E-state index is 12.8. The lowest BCUT2D eigenvalue weighted by molar-refractivity contribution is -0.00117.